The van der Waals surface area contributed by atoms with Crippen molar-refractivity contribution in [2.45, 2.75) is 23.3 Å². The Bertz CT molecular complexity index is 2700. The maximum atomic E-state index is 13.1. The van der Waals surface area contributed by atoms with Crippen LogP contribution in [-0.4, -0.2) is 91.7 Å². The summed E-state index contributed by atoms with van der Waals surface area (Å²) in [5.41, 5.74) is 0.517. The first kappa shape index (κ1) is 56.6. The fourth-order valence-electron chi connectivity index (χ4n) is 6.51. The average molecular weight is 963 g/mol. The van der Waals surface area contributed by atoms with Gasteiger partial charge in [-0.3, -0.25) is 9.59 Å². The molecule has 6 rings (SSSR count). The van der Waals surface area contributed by atoms with Crippen molar-refractivity contribution in [3.63, 3.8) is 0 Å². The normalized spacial score (nSPS) is 21.9. The molecule has 0 aromatic heterocycles. The van der Waals surface area contributed by atoms with Gasteiger partial charge < -0.3 is 28.8 Å². The van der Waals surface area contributed by atoms with Crippen LogP contribution in [0.1, 0.15) is 33.6 Å². The second-order valence-corrected chi connectivity index (χ2v) is 18.9. The molecule has 2 N–H and O–H groups in total. The number of carbonyl (C=O) groups excluding carboxylic acids is 3. The van der Waals surface area contributed by atoms with Crippen LogP contribution in [0.5, 0.6) is 0 Å². The predicted molar refractivity (Wildman–Crippen MR) is 202 cm³/mol. The second kappa shape index (κ2) is 22.3. The Labute approximate surface area is 444 Å². The van der Waals surface area contributed by atoms with Crippen LogP contribution >= 0.6 is 0 Å². The fourth-order valence-corrected chi connectivity index (χ4v) is 9.78. The monoisotopic (exact) mass is 962 g/mol. The number of aliphatic imine (C=N–C) groups is 2. The first-order chi connectivity index (χ1) is 27.0. The number of nitrogens with zero attached hydrogens (tertiary/aromatic N) is 2. The molecular weight excluding hydrogens is 937 g/mol. The zero-order valence-corrected chi connectivity index (χ0v) is 44.4. The van der Waals surface area contributed by atoms with Gasteiger partial charge >= 0.3 is 124 Å². The number of amides is 4. The van der Waals surface area contributed by atoms with Gasteiger partial charge in [-0.15, -0.1) is 0 Å². The van der Waals surface area contributed by atoms with Gasteiger partial charge in [-0.1, -0.05) is 35.4 Å². The van der Waals surface area contributed by atoms with E-state index in [1.165, 1.54) is 72.8 Å². The zero-order valence-electron chi connectivity index (χ0n) is 33.1. The summed E-state index contributed by atoms with van der Waals surface area (Å²) >= 11 is 0. The van der Waals surface area contributed by atoms with Gasteiger partial charge in [0.05, 0.1) is 20.3 Å². The first-order valence-corrected chi connectivity index (χ1v) is 22.3. The number of urea groups is 1. The van der Waals surface area contributed by atoms with Crippen molar-refractivity contribution < 1.29 is 184 Å². The standard InChI is InChI=1S/C35H30N4O15S4.4Na/c40-33(36-25-7-9-29-21(13-25)15-27(55(43,44)45)17-31(29)57(49,50)51)19-3-1-5-23(11-19)38-35(42)39-24-6-2-4-20(12-24)34(41)37-26-8-10-30-22(14-26)16-28(56(46,47)48)18-32(30)58(52,53)54;;;;/h1-12,15-18,29-32H,13-14H2,(H2,38,39,42)(H,43,44,45)(H,46,47,48)(H,49,50,51)(H,52,53,54);;;;/q;4*+1/p-4. The van der Waals surface area contributed by atoms with Gasteiger partial charge in [0.2, 0.25) is 0 Å². The van der Waals surface area contributed by atoms with Gasteiger partial charge in [0, 0.05) is 58.6 Å². The summed E-state index contributed by atoms with van der Waals surface area (Å²) < 4.78 is 141. The molecule has 19 nitrogen and oxygen atoms in total. The Kier molecular flexibility index (Phi) is 20.4. The maximum absolute atomic E-state index is 13.1. The number of allylic oxidation sites excluding steroid dienone is 8. The quantitative estimate of drug-likeness (QED) is 0.183. The molecule has 2 aromatic rings. The molecule has 0 aliphatic heterocycles. The Morgan fingerprint density at radius 1 is 0.565 bits per heavy atom. The van der Waals surface area contributed by atoms with Crippen LogP contribution in [-0.2, 0) is 40.5 Å². The number of anilines is 2. The minimum atomic E-state index is -5.12. The van der Waals surface area contributed by atoms with E-state index in [1.54, 1.807) is 0 Å². The Balaban J connectivity index is 0.00000331. The molecule has 0 saturated heterocycles. The van der Waals surface area contributed by atoms with E-state index in [9.17, 15) is 66.3 Å². The van der Waals surface area contributed by atoms with Crippen LogP contribution < -0.4 is 129 Å². The summed E-state index contributed by atoms with van der Waals surface area (Å²) in [7, 11) is -20.4. The van der Waals surface area contributed by atoms with Crippen molar-refractivity contribution in [3.8, 4) is 0 Å². The largest absolute Gasteiger partial charge is 1.00 e. The van der Waals surface area contributed by atoms with Gasteiger partial charge in [-0.2, -0.15) is 0 Å². The molecule has 0 fully saturated rings. The third-order valence-electron chi connectivity index (χ3n) is 9.11. The molecule has 0 saturated carbocycles. The molecule has 2 aromatic carbocycles. The topological polar surface area (TPSA) is 329 Å². The molecule has 4 amide bonds. The molecule has 4 atom stereocenters. The van der Waals surface area contributed by atoms with E-state index in [0.717, 1.165) is 12.2 Å². The third kappa shape index (κ3) is 14.2. The summed E-state index contributed by atoms with van der Waals surface area (Å²) in [6.45, 7) is 0. The molecule has 62 heavy (non-hydrogen) atoms. The molecule has 27 heteroatoms. The molecule has 304 valence electrons. The van der Waals surface area contributed by atoms with E-state index in [1.807, 2.05) is 0 Å². The minimum Gasteiger partial charge on any atom is -0.747 e. The molecular formula is C35H26N4Na4O15S4. The zero-order chi connectivity index (χ0) is 42.4. The van der Waals surface area contributed by atoms with E-state index in [2.05, 4.69) is 20.6 Å². The summed E-state index contributed by atoms with van der Waals surface area (Å²) in [4.78, 5) is 45.2. The number of fused-ring (bicyclic) bond motifs is 2. The summed E-state index contributed by atoms with van der Waals surface area (Å²) in [6.07, 6.45) is 7.71. The molecule has 0 heterocycles. The molecule has 4 aliphatic rings. The van der Waals surface area contributed by atoms with E-state index in [4.69, 9.17) is 0 Å². The molecule has 4 aliphatic carbocycles. The van der Waals surface area contributed by atoms with E-state index < -0.39 is 90.5 Å². The second-order valence-electron chi connectivity index (χ2n) is 13.1. The van der Waals surface area contributed by atoms with Crippen LogP contribution in [0.2, 0.25) is 0 Å². The van der Waals surface area contributed by atoms with Crippen LogP contribution in [0, 0.1) is 11.8 Å². The number of hydrogen-bond acceptors (Lipinski definition) is 15. The van der Waals surface area contributed by atoms with Gasteiger partial charge in [-0.25, -0.2) is 48.5 Å². The first-order valence-electron chi connectivity index (χ1n) is 16.5. The van der Waals surface area contributed by atoms with Gasteiger partial charge in [0.25, 0.3) is 11.8 Å². The van der Waals surface area contributed by atoms with Gasteiger partial charge in [0.15, 0.2) is 0 Å². The van der Waals surface area contributed by atoms with E-state index >= 15 is 0 Å². The summed E-state index contributed by atoms with van der Waals surface area (Å²) in [5.74, 6) is -3.78. The Morgan fingerprint density at radius 2 is 0.919 bits per heavy atom. The third-order valence-corrected chi connectivity index (χ3v) is 13.0. The maximum Gasteiger partial charge on any atom is 1.00 e. The Hall–Kier alpha value is -1.53. The average Bonchev–Trinajstić information content (AvgIpc) is 3.12. The van der Waals surface area contributed by atoms with Crippen LogP contribution in [0.25, 0.3) is 0 Å². The van der Waals surface area contributed by atoms with Crippen LogP contribution in [0.15, 0.2) is 128 Å². The predicted octanol–water partition coefficient (Wildman–Crippen LogP) is -9.77. The van der Waals surface area contributed by atoms with Crippen molar-refractivity contribution in [1.29, 1.82) is 0 Å². The minimum absolute atomic E-state index is 0. The SMILES string of the molecule is O=C(Nc1cccc(C(=O)N=C2C=CC3C(=CC(S(=O)(=O)[O-])=CC3S(=O)(=O)[O-])C2)c1)Nc1cccc(C(=O)N=C2C=CC3C(=CC(S(=O)(=O)[O-])=CC3S(=O)(=O)[O-])C2)c1.[Na+].[Na+].[Na+].[Na+]. The van der Waals surface area contributed by atoms with Crippen molar-refractivity contribution in [2.75, 3.05) is 10.6 Å². The smallest absolute Gasteiger partial charge is 0.747 e. The number of hydrogen-bond donors (Lipinski definition) is 2. The number of benzene rings is 2. The molecule has 0 spiro atoms. The van der Waals surface area contributed by atoms with Crippen molar-refractivity contribution >= 4 is 81.1 Å². The van der Waals surface area contributed by atoms with Crippen LogP contribution in [0.4, 0.5) is 16.2 Å². The van der Waals surface area contributed by atoms with Crippen molar-refractivity contribution in [2.24, 2.45) is 21.8 Å². The van der Waals surface area contributed by atoms with Gasteiger partial charge in [-0.05, 0) is 72.9 Å². The van der Waals surface area contributed by atoms with E-state index in [0.29, 0.717) is 12.2 Å². The molecule has 4 unspecified atom stereocenters. The number of rotatable bonds is 8. The number of nitrogens with one attached hydrogen (secondary N) is 2. The Morgan fingerprint density at radius 3 is 1.24 bits per heavy atom. The number of carbonyl (C=O) groups is 3. The van der Waals surface area contributed by atoms with E-state index in [-0.39, 0.29) is 176 Å². The fraction of sp³-hybridized carbons (Fsp3) is 0.171. The van der Waals surface area contributed by atoms with Gasteiger partial charge in [0.1, 0.15) is 40.5 Å². The molecule has 0 bridgehead atoms. The summed E-state index contributed by atoms with van der Waals surface area (Å²) in [6, 6.07) is 10.3. The molecule has 0 radical (unpaired) electrons. The van der Waals surface area contributed by atoms with Crippen molar-refractivity contribution in [3.05, 3.63) is 129 Å². The van der Waals surface area contributed by atoms with Crippen molar-refractivity contribution in [1.82, 2.24) is 0 Å². The van der Waals surface area contributed by atoms with Crippen LogP contribution in [0.3, 0.4) is 0 Å². The summed E-state index contributed by atoms with van der Waals surface area (Å²) in [5, 5.41) is 1.32.